The van der Waals surface area contributed by atoms with E-state index in [1.54, 1.807) is 13.8 Å². The van der Waals surface area contributed by atoms with Crippen LogP contribution in [-0.4, -0.2) is 26.2 Å². The van der Waals surface area contributed by atoms with Gasteiger partial charge in [0.1, 0.15) is 0 Å². The number of carbonyl (C=O) groups is 2. The number of carbonyl (C=O) groups excluding carboxylic acids is 2. The van der Waals surface area contributed by atoms with E-state index >= 15 is 0 Å². The molecule has 0 spiro atoms. The maximum atomic E-state index is 11.2. The lowest BCUT2D eigenvalue weighted by Gasteiger charge is -2.20. The lowest BCUT2D eigenvalue weighted by molar-refractivity contribution is -0.151. The molecular weight excluding hydrogens is 244 g/mol. The van der Waals surface area contributed by atoms with Crippen molar-refractivity contribution in [2.75, 3.05) is 14.2 Å². The molecule has 112 valence electrons. The van der Waals surface area contributed by atoms with Crippen molar-refractivity contribution in [2.45, 2.75) is 47.0 Å². The number of esters is 2. The van der Waals surface area contributed by atoms with Gasteiger partial charge in [-0.3, -0.25) is 9.59 Å². The van der Waals surface area contributed by atoms with Crippen LogP contribution in [0.4, 0.5) is 0 Å². The molecule has 19 heavy (non-hydrogen) atoms. The second kappa shape index (κ2) is 10.6. The van der Waals surface area contributed by atoms with Crippen molar-refractivity contribution in [3.8, 4) is 0 Å². The number of unbranched alkanes of at least 4 members (excludes halogenated alkanes) is 1. The molecule has 0 aromatic heterocycles. The first-order valence-electron chi connectivity index (χ1n) is 6.50. The maximum absolute atomic E-state index is 11.2. The molecule has 0 fully saturated rings. The zero-order valence-corrected chi connectivity index (χ0v) is 13.1. The van der Waals surface area contributed by atoms with Crippen LogP contribution in [0.2, 0.25) is 0 Å². The first-order chi connectivity index (χ1) is 8.72. The zero-order chi connectivity index (χ0) is 15.5. The highest BCUT2D eigenvalue weighted by Gasteiger charge is 2.27. The Morgan fingerprint density at radius 3 is 2.00 bits per heavy atom. The van der Waals surface area contributed by atoms with Gasteiger partial charge in [-0.05, 0) is 33.1 Å². The Bertz CT molecular complexity index is 280. The van der Waals surface area contributed by atoms with Crippen molar-refractivity contribution >= 4 is 11.9 Å². The molecule has 0 saturated heterocycles. The molecule has 0 atom stereocenters. The molecule has 0 rings (SSSR count). The van der Waals surface area contributed by atoms with Crippen LogP contribution in [0, 0.1) is 11.3 Å². The van der Waals surface area contributed by atoms with Gasteiger partial charge in [-0.1, -0.05) is 19.9 Å². The van der Waals surface area contributed by atoms with Crippen LogP contribution in [0.15, 0.2) is 12.7 Å². The van der Waals surface area contributed by atoms with Crippen LogP contribution in [0.1, 0.15) is 47.0 Å². The fraction of sp³-hybridized carbons (Fsp3) is 0.733. The number of allylic oxidation sites excluding steroid dienone is 1. The fourth-order valence-corrected chi connectivity index (χ4v) is 1.30. The van der Waals surface area contributed by atoms with Gasteiger partial charge in [0.2, 0.25) is 0 Å². The van der Waals surface area contributed by atoms with Gasteiger partial charge in [0.15, 0.2) is 0 Å². The highest BCUT2D eigenvalue weighted by molar-refractivity contribution is 5.75. The maximum Gasteiger partial charge on any atom is 0.311 e. The second-order valence-electron chi connectivity index (χ2n) is 5.23. The Kier molecular flexibility index (Phi) is 11.1. The van der Waals surface area contributed by atoms with E-state index in [1.807, 2.05) is 19.9 Å². The standard InChI is InChI=1S/C10H18O2.C5H10O2/c1-5-6-7-8-10(2,3)9(11)12-4;1-4(2)5(6)7-3/h5H,1,6-8H2,2-4H3;4H,1-3H3. The number of hydrogen-bond donors (Lipinski definition) is 0. The zero-order valence-electron chi connectivity index (χ0n) is 13.1. The van der Waals surface area contributed by atoms with Gasteiger partial charge in [-0.2, -0.15) is 0 Å². The van der Waals surface area contributed by atoms with Gasteiger partial charge in [-0.15, -0.1) is 6.58 Å². The summed E-state index contributed by atoms with van der Waals surface area (Å²) >= 11 is 0. The van der Waals surface area contributed by atoms with Crippen molar-refractivity contribution in [1.29, 1.82) is 0 Å². The summed E-state index contributed by atoms with van der Waals surface area (Å²) in [6.07, 6.45) is 4.67. The molecule has 0 aromatic rings. The van der Waals surface area contributed by atoms with Crippen LogP contribution in [0.25, 0.3) is 0 Å². The van der Waals surface area contributed by atoms with Gasteiger partial charge in [0.25, 0.3) is 0 Å². The van der Waals surface area contributed by atoms with Crippen LogP contribution < -0.4 is 0 Å². The lowest BCUT2D eigenvalue weighted by Crippen LogP contribution is -2.25. The monoisotopic (exact) mass is 272 g/mol. The third kappa shape index (κ3) is 10.3. The van der Waals surface area contributed by atoms with E-state index < -0.39 is 0 Å². The lowest BCUT2D eigenvalue weighted by atomic mass is 9.87. The molecule has 0 aliphatic carbocycles. The van der Waals surface area contributed by atoms with E-state index in [-0.39, 0.29) is 23.3 Å². The Hall–Kier alpha value is -1.32. The smallest absolute Gasteiger partial charge is 0.311 e. The summed E-state index contributed by atoms with van der Waals surface area (Å²) in [4.78, 5) is 21.5. The minimum Gasteiger partial charge on any atom is -0.469 e. The number of methoxy groups -OCH3 is 2. The summed E-state index contributed by atoms with van der Waals surface area (Å²) in [5.74, 6) is -0.281. The van der Waals surface area contributed by atoms with E-state index in [0.29, 0.717) is 0 Å². The van der Waals surface area contributed by atoms with Crippen molar-refractivity contribution in [3.05, 3.63) is 12.7 Å². The molecule has 0 N–H and O–H groups in total. The number of ether oxygens (including phenoxy) is 2. The molecule has 0 aliphatic rings. The SMILES string of the molecule is C=CCCCC(C)(C)C(=O)OC.COC(=O)C(C)C. The molecule has 0 radical (unpaired) electrons. The van der Waals surface area contributed by atoms with Gasteiger partial charge >= 0.3 is 11.9 Å². The van der Waals surface area contributed by atoms with Crippen LogP contribution in [0.5, 0.6) is 0 Å². The first-order valence-corrected chi connectivity index (χ1v) is 6.50. The molecule has 0 heterocycles. The summed E-state index contributed by atoms with van der Waals surface area (Å²) < 4.78 is 9.05. The summed E-state index contributed by atoms with van der Waals surface area (Å²) in [7, 11) is 2.82. The molecule has 0 saturated carbocycles. The van der Waals surface area contributed by atoms with E-state index in [2.05, 4.69) is 16.1 Å². The molecule has 0 amide bonds. The predicted octanol–water partition coefficient (Wildman–Crippen LogP) is 3.36. The summed E-state index contributed by atoms with van der Waals surface area (Å²) in [5.41, 5.74) is -0.349. The summed E-state index contributed by atoms with van der Waals surface area (Å²) in [6.45, 7) is 11.0. The van der Waals surface area contributed by atoms with Crippen molar-refractivity contribution < 1.29 is 19.1 Å². The molecule has 0 aromatic carbocycles. The van der Waals surface area contributed by atoms with Gasteiger partial charge in [0.05, 0.1) is 25.6 Å². The summed E-state index contributed by atoms with van der Waals surface area (Å²) in [5, 5.41) is 0. The number of rotatable bonds is 6. The molecular formula is C15H28O4. The third-order valence-electron chi connectivity index (χ3n) is 2.62. The van der Waals surface area contributed by atoms with E-state index in [9.17, 15) is 9.59 Å². The van der Waals surface area contributed by atoms with Crippen LogP contribution in [0.3, 0.4) is 0 Å². The molecule has 0 aliphatic heterocycles. The van der Waals surface area contributed by atoms with E-state index in [4.69, 9.17) is 0 Å². The Morgan fingerprint density at radius 2 is 1.74 bits per heavy atom. The minimum absolute atomic E-state index is 0.00463. The van der Waals surface area contributed by atoms with E-state index in [1.165, 1.54) is 14.2 Å². The topological polar surface area (TPSA) is 52.6 Å². The Labute approximate surface area is 117 Å². The van der Waals surface area contributed by atoms with Crippen LogP contribution >= 0.6 is 0 Å². The Balaban J connectivity index is 0. The Morgan fingerprint density at radius 1 is 1.21 bits per heavy atom. The normalized spacial score (nSPS) is 10.3. The molecule has 4 heteroatoms. The quantitative estimate of drug-likeness (QED) is 0.422. The average Bonchev–Trinajstić information content (AvgIpc) is 2.37. The predicted molar refractivity (Wildman–Crippen MR) is 76.7 cm³/mol. The highest BCUT2D eigenvalue weighted by Crippen LogP contribution is 2.24. The average molecular weight is 272 g/mol. The van der Waals surface area contributed by atoms with Gasteiger partial charge in [-0.25, -0.2) is 0 Å². The minimum atomic E-state index is -0.349. The van der Waals surface area contributed by atoms with Crippen LogP contribution in [-0.2, 0) is 19.1 Å². The highest BCUT2D eigenvalue weighted by atomic mass is 16.5. The first kappa shape index (κ1) is 20.0. The summed E-state index contributed by atoms with van der Waals surface area (Å²) in [6, 6.07) is 0. The fourth-order valence-electron chi connectivity index (χ4n) is 1.30. The van der Waals surface area contributed by atoms with Crippen molar-refractivity contribution in [1.82, 2.24) is 0 Å². The molecule has 0 unspecified atom stereocenters. The largest absolute Gasteiger partial charge is 0.469 e. The molecule has 0 bridgehead atoms. The van der Waals surface area contributed by atoms with E-state index in [0.717, 1.165) is 19.3 Å². The second-order valence-corrected chi connectivity index (χ2v) is 5.23. The van der Waals surface area contributed by atoms with Crippen molar-refractivity contribution in [2.24, 2.45) is 11.3 Å². The van der Waals surface area contributed by atoms with Crippen molar-refractivity contribution in [3.63, 3.8) is 0 Å². The number of hydrogen-bond acceptors (Lipinski definition) is 4. The third-order valence-corrected chi connectivity index (χ3v) is 2.62. The van der Waals surface area contributed by atoms with Gasteiger partial charge in [0, 0.05) is 0 Å². The molecule has 4 nitrogen and oxygen atoms in total. The van der Waals surface area contributed by atoms with Gasteiger partial charge < -0.3 is 9.47 Å².